The van der Waals surface area contributed by atoms with E-state index in [-0.39, 0.29) is 26.3 Å². The second-order valence-electron chi connectivity index (χ2n) is 4.18. The predicted molar refractivity (Wildman–Crippen MR) is 77.3 cm³/mol. The van der Waals surface area contributed by atoms with E-state index in [9.17, 15) is 14.4 Å². The smallest absolute Gasteiger partial charge is 0.325 e. The van der Waals surface area contributed by atoms with Crippen LogP contribution in [0.5, 0.6) is 0 Å². The van der Waals surface area contributed by atoms with Crippen LogP contribution in [-0.2, 0) is 19.1 Å². The number of anilines is 1. The standard InChI is InChI=1S/C15H19NO5/c1-3-20-14(18)9-16(10-15(19)21-4-2)13-7-5-12(11-17)6-8-13/h5-8,11H,3-4,9-10H2,1-2H3. The first-order valence-electron chi connectivity index (χ1n) is 6.72. The van der Waals surface area contributed by atoms with E-state index in [0.29, 0.717) is 11.3 Å². The second-order valence-corrected chi connectivity index (χ2v) is 4.18. The first kappa shape index (κ1) is 16.7. The van der Waals surface area contributed by atoms with E-state index in [0.717, 1.165) is 6.29 Å². The number of ether oxygens (including phenoxy) is 2. The average molecular weight is 293 g/mol. The molecule has 0 aliphatic carbocycles. The molecule has 0 bridgehead atoms. The van der Waals surface area contributed by atoms with Crippen molar-refractivity contribution in [3.05, 3.63) is 29.8 Å². The van der Waals surface area contributed by atoms with Crippen LogP contribution in [0.4, 0.5) is 5.69 Å². The summed E-state index contributed by atoms with van der Waals surface area (Å²) in [6, 6.07) is 6.57. The number of carbonyl (C=O) groups is 3. The number of hydrogen-bond acceptors (Lipinski definition) is 6. The van der Waals surface area contributed by atoms with E-state index in [1.807, 2.05) is 0 Å². The first-order valence-corrected chi connectivity index (χ1v) is 6.72. The SMILES string of the molecule is CCOC(=O)CN(CC(=O)OCC)c1ccc(C=O)cc1. The number of esters is 2. The highest BCUT2D eigenvalue weighted by molar-refractivity contribution is 5.82. The minimum atomic E-state index is -0.429. The Hall–Kier alpha value is -2.37. The molecule has 0 N–H and O–H groups in total. The van der Waals surface area contributed by atoms with E-state index in [1.165, 1.54) is 0 Å². The first-order chi connectivity index (χ1) is 10.1. The molecule has 0 aromatic heterocycles. The number of benzene rings is 1. The molecule has 21 heavy (non-hydrogen) atoms. The lowest BCUT2D eigenvalue weighted by Crippen LogP contribution is -2.36. The molecule has 6 nitrogen and oxygen atoms in total. The van der Waals surface area contributed by atoms with Crippen molar-refractivity contribution in [3.63, 3.8) is 0 Å². The summed E-state index contributed by atoms with van der Waals surface area (Å²) in [6.07, 6.45) is 0.727. The average Bonchev–Trinajstić information content (AvgIpc) is 2.47. The van der Waals surface area contributed by atoms with Crippen molar-refractivity contribution in [2.45, 2.75) is 13.8 Å². The van der Waals surface area contributed by atoms with Gasteiger partial charge >= 0.3 is 11.9 Å². The summed E-state index contributed by atoms with van der Waals surface area (Å²) in [6.45, 7) is 3.85. The molecule has 0 unspecified atom stereocenters. The molecule has 0 aliphatic rings. The largest absolute Gasteiger partial charge is 0.465 e. The Morgan fingerprint density at radius 1 is 1.00 bits per heavy atom. The minimum Gasteiger partial charge on any atom is -0.465 e. The number of carbonyl (C=O) groups excluding carboxylic acids is 3. The van der Waals surface area contributed by atoms with Crippen molar-refractivity contribution in [1.29, 1.82) is 0 Å². The summed E-state index contributed by atoms with van der Waals surface area (Å²) < 4.78 is 9.78. The number of nitrogens with zero attached hydrogens (tertiary/aromatic N) is 1. The maximum atomic E-state index is 11.6. The van der Waals surface area contributed by atoms with Crippen LogP contribution in [0, 0.1) is 0 Å². The van der Waals surface area contributed by atoms with Crippen LogP contribution in [-0.4, -0.2) is 44.5 Å². The highest BCUT2D eigenvalue weighted by Crippen LogP contribution is 2.15. The third-order valence-electron chi connectivity index (χ3n) is 2.64. The highest BCUT2D eigenvalue weighted by atomic mass is 16.5. The molecule has 6 heteroatoms. The monoisotopic (exact) mass is 293 g/mol. The van der Waals surface area contributed by atoms with E-state index < -0.39 is 11.9 Å². The van der Waals surface area contributed by atoms with Gasteiger partial charge in [0.15, 0.2) is 0 Å². The van der Waals surface area contributed by atoms with Crippen LogP contribution in [0.3, 0.4) is 0 Å². The van der Waals surface area contributed by atoms with Crippen LogP contribution in [0.1, 0.15) is 24.2 Å². The highest BCUT2D eigenvalue weighted by Gasteiger charge is 2.16. The van der Waals surface area contributed by atoms with E-state index >= 15 is 0 Å². The molecule has 1 aromatic rings. The fraction of sp³-hybridized carbons (Fsp3) is 0.400. The maximum absolute atomic E-state index is 11.6. The van der Waals surface area contributed by atoms with Gasteiger partial charge in [-0.05, 0) is 38.1 Å². The van der Waals surface area contributed by atoms with Gasteiger partial charge in [-0.15, -0.1) is 0 Å². The van der Waals surface area contributed by atoms with Gasteiger partial charge in [0.05, 0.1) is 13.2 Å². The fourth-order valence-corrected chi connectivity index (χ4v) is 1.73. The third kappa shape index (κ3) is 5.64. The van der Waals surface area contributed by atoms with Crippen LogP contribution in [0.15, 0.2) is 24.3 Å². The Balaban J connectivity index is 2.85. The molecule has 1 rings (SSSR count). The van der Waals surface area contributed by atoms with Gasteiger partial charge in [-0.1, -0.05) is 0 Å². The van der Waals surface area contributed by atoms with Gasteiger partial charge in [0.1, 0.15) is 19.4 Å². The van der Waals surface area contributed by atoms with Gasteiger partial charge in [-0.2, -0.15) is 0 Å². The Morgan fingerprint density at radius 2 is 1.48 bits per heavy atom. The van der Waals surface area contributed by atoms with Crippen LogP contribution < -0.4 is 4.90 Å². The molecule has 0 fully saturated rings. The normalized spacial score (nSPS) is 9.81. The Kier molecular flexibility index (Phi) is 6.94. The third-order valence-corrected chi connectivity index (χ3v) is 2.64. The van der Waals surface area contributed by atoms with Crippen molar-refractivity contribution < 1.29 is 23.9 Å². The van der Waals surface area contributed by atoms with Gasteiger partial charge < -0.3 is 14.4 Å². The molecule has 0 atom stereocenters. The Labute approximate surface area is 123 Å². The van der Waals surface area contributed by atoms with Crippen molar-refractivity contribution in [2.75, 3.05) is 31.2 Å². The molecule has 0 saturated heterocycles. The topological polar surface area (TPSA) is 72.9 Å². The lowest BCUT2D eigenvalue weighted by molar-refractivity contribution is -0.142. The van der Waals surface area contributed by atoms with Crippen LogP contribution in [0.25, 0.3) is 0 Å². The Morgan fingerprint density at radius 3 is 1.86 bits per heavy atom. The summed E-state index contributed by atoms with van der Waals surface area (Å²) in [5, 5.41) is 0. The summed E-state index contributed by atoms with van der Waals surface area (Å²) in [5.74, 6) is -0.859. The van der Waals surface area contributed by atoms with Gasteiger partial charge in [-0.25, -0.2) is 0 Å². The molecule has 0 heterocycles. The lowest BCUT2D eigenvalue weighted by Gasteiger charge is -2.22. The zero-order valence-corrected chi connectivity index (χ0v) is 12.2. The molecular formula is C15H19NO5. The molecule has 0 spiro atoms. The molecule has 0 amide bonds. The maximum Gasteiger partial charge on any atom is 0.325 e. The van der Waals surface area contributed by atoms with Crippen molar-refractivity contribution in [3.8, 4) is 0 Å². The van der Waals surface area contributed by atoms with Gasteiger partial charge in [-0.3, -0.25) is 14.4 Å². The van der Waals surface area contributed by atoms with Crippen molar-refractivity contribution in [1.82, 2.24) is 0 Å². The molecule has 114 valence electrons. The van der Waals surface area contributed by atoms with Crippen LogP contribution in [0.2, 0.25) is 0 Å². The molecular weight excluding hydrogens is 274 g/mol. The number of aldehydes is 1. The number of rotatable bonds is 8. The molecule has 0 saturated carbocycles. The quantitative estimate of drug-likeness (QED) is 0.533. The van der Waals surface area contributed by atoms with Gasteiger partial charge in [0, 0.05) is 11.3 Å². The summed E-state index contributed by atoms with van der Waals surface area (Å²) in [7, 11) is 0. The molecule has 1 aromatic carbocycles. The van der Waals surface area contributed by atoms with E-state index in [2.05, 4.69) is 0 Å². The summed E-state index contributed by atoms with van der Waals surface area (Å²) in [5.41, 5.74) is 1.16. The molecule has 0 radical (unpaired) electrons. The lowest BCUT2D eigenvalue weighted by atomic mass is 10.2. The van der Waals surface area contributed by atoms with E-state index in [1.54, 1.807) is 43.0 Å². The van der Waals surface area contributed by atoms with Crippen molar-refractivity contribution >= 4 is 23.9 Å². The zero-order chi connectivity index (χ0) is 15.7. The Bertz CT molecular complexity index is 463. The predicted octanol–water partition coefficient (Wildman–Crippen LogP) is 1.43. The second kappa shape index (κ2) is 8.73. The molecule has 0 aliphatic heterocycles. The zero-order valence-electron chi connectivity index (χ0n) is 12.2. The number of hydrogen-bond donors (Lipinski definition) is 0. The fourth-order valence-electron chi connectivity index (χ4n) is 1.73. The summed E-state index contributed by atoms with van der Waals surface area (Å²) >= 11 is 0. The summed E-state index contributed by atoms with van der Waals surface area (Å²) in [4.78, 5) is 35.4. The van der Waals surface area contributed by atoms with Gasteiger partial charge in [0.2, 0.25) is 0 Å². The van der Waals surface area contributed by atoms with Gasteiger partial charge in [0.25, 0.3) is 0 Å². The van der Waals surface area contributed by atoms with E-state index in [4.69, 9.17) is 9.47 Å². The minimum absolute atomic E-state index is 0.0624. The van der Waals surface area contributed by atoms with Crippen molar-refractivity contribution in [2.24, 2.45) is 0 Å². The van der Waals surface area contributed by atoms with Crippen LogP contribution >= 0.6 is 0 Å².